The van der Waals surface area contributed by atoms with Gasteiger partial charge in [0.2, 0.25) is 5.91 Å². The van der Waals surface area contributed by atoms with Crippen LogP contribution in [-0.2, 0) is 4.79 Å². The van der Waals surface area contributed by atoms with Crippen molar-refractivity contribution in [3.63, 3.8) is 0 Å². The fraction of sp³-hybridized carbons (Fsp3) is 0.381. The number of carbonyl (C=O) groups is 1. The Morgan fingerprint density at radius 2 is 2.00 bits per heavy atom. The van der Waals surface area contributed by atoms with E-state index in [9.17, 15) is 4.79 Å². The molecule has 0 spiro atoms. The molecular weight excluding hydrogens is 380 g/mol. The number of hydrogen-bond donors (Lipinski definition) is 1. The zero-order valence-electron chi connectivity index (χ0n) is 15.9. The molecule has 1 heterocycles. The first kappa shape index (κ1) is 20.3. The van der Waals surface area contributed by atoms with E-state index in [0.717, 1.165) is 25.1 Å². The highest BCUT2D eigenvalue weighted by atomic mass is 35.5. The summed E-state index contributed by atoms with van der Waals surface area (Å²) in [6, 6.07) is 12.8. The zero-order valence-corrected chi connectivity index (χ0v) is 16.7. The van der Waals surface area contributed by atoms with Crippen molar-refractivity contribution < 1.29 is 19.0 Å². The number of benzene rings is 2. The third kappa shape index (κ3) is 6.32. The lowest BCUT2D eigenvalue weighted by molar-refractivity contribution is -0.117. The molecule has 150 valence electrons. The van der Waals surface area contributed by atoms with E-state index in [2.05, 4.69) is 5.32 Å². The monoisotopic (exact) mass is 404 g/mol. The van der Waals surface area contributed by atoms with Crippen LogP contribution in [0.25, 0.3) is 0 Å². The number of hydrogen-bond acceptors (Lipinski definition) is 5. The molecule has 1 amide bonds. The number of fused-ring (bicyclic) bond motifs is 1. The SMILES string of the molecule is CN(CCCOc1cccc(Cl)c1)CC(=O)Nc1ccc2c(c1)OCCCO2. The average molecular weight is 405 g/mol. The molecule has 0 aliphatic carbocycles. The number of halogens is 1. The second-order valence-electron chi connectivity index (χ2n) is 6.66. The minimum Gasteiger partial charge on any atom is -0.493 e. The first-order valence-corrected chi connectivity index (χ1v) is 9.74. The van der Waals surface area contributed by atoms with Gasteiger partial charge in [-0.2, -0.15) is 0 Å². The largest absolute Gasteiger partial charge is 0.493 e. The Balaban J connectivity index is 1.39. The summed E-state index contributed by atoms with van der Waals surface area (Å²) in [6.07, 6.45) is 1.66. The van der Waals surface area contributed by atoms with E-state index in [1.165, 1.54) is 0 Å². The average Bonchev–Trinajstić information content (AvgIpc) is 2.90. The molecule has 0 aromatic heterocycles. The molecule has 28 heavy (non-hydrogen) atoms. The predicted octanol–water partition coefficient (Wildman–Crippen LogP) is 3.84. The standard InChI is InChI=1S/C21H25ClN2O4/c1-24(9-3-10-26-18-6-2-5-16(22)13-18)15-21(25)23-17-7-8-19-20(14-17)28-12-4-11-27-19/h2,5-8,13-14H,3-4,9-12,15H2,1H3,(H,23,25). The summed E-state index contributed by atoms with van der Waals surface area (Å²) >= 11 is 5.93. The van der Waals surface area contributed by atoms with Crippen LogP contribution in [0.1, 0.15) is 12.8 Å². The van der Waals surface area contributed by atoms with Gasteiger partial charge < -0.3 is 19.5 Å². The van der Waals surface area contributed by atoms with Gasteiger partial charge in [0.05, 0.1) is 26.4 Å². The van der Waals surface area contributed by atoms with Gasteiger partial charge >= 0.3 is 0 Å². The fourth-order valence-electron chi connectivity index (χ4n) is 2.85. The van der Waals surface area contributed by atoms with Crippen LogP contribution < -0.4 is 19.5 Å². The van der Waals surface area contributed by atoms with Crippen LogP contribution in [0.5, 0.6) is 17.2 Å². The molecule has 2 aromatic rings. The van der Waals surface area contributed by atoms with Crippen molar-refractivity contribution in [2.75, 3.05) is 45.3 Å². The predicted molar refractivity (Wildman–Crippen MR) is 110 cm³/mol. The van der Waals surface area contributed by atoms with E-state index in [1.54, 1.807) is 12.1 Å². The van der Waals surface area contributed by atoms with E-state index in [-0.39, 0.29) is 5.91 Å². The molecule has 6 nitrogen and oxygen atoms in total. The maximum Gasteiger partial charge on any atom is 0.238 e. The molecular formula is C21H25ClN2O4. The Morgan fingerprint density at radius 1 is 1.18 bits per heavy atom. The number of rotatable bonds is 8. The number of anilines is 1. The van der Waals surface area contributed by atoms with Gasteiger partial charge in [-0.05, 0) is 43.8 Å². The Morgan fingerprint density at radius 3 is 2.82 bits per heavy atom. The second kappa shape index (κ2) is 10.2. The first-order chi connectivity index (χ1) is 13.6. The molecule has 3 rings (SSSR count). The highest BCUT2D eigenvalue weighted by Gasteiger charge is 2.12. The van der Waals surface area contributed by atoms with Crippen molar-refractivity contribution in [3.05, 3.63) is 47.5 Å². The van der Waals surface area contributed by atoms with E-state index in [1.807, 2.05) is 42.3 Å². The van der Waals surface area contributed by atoms with Gasteiger partial charge in [-0.1, -0.05) is 17.7 Å². The van der Waals surface area contributed by atoms with Crippen molar-refractivity contribution in [2.45, 2.75) is 12.8 Å². The highest BCUT2D eigenvalue weighted by molar-refractivity contribution is 6.30. The number of amides is 1. The van der Waals surface area contributed by atoms with Crippen molar-refractivity contribution in [3.8, 4) is 17.2 Å². The first-order valence-electron chi connectivity index (χ1n) is 9.36. The van der Waals surface area contributed by atoms with Crippen molar-refractivity contribution in [1.82, 2.24) is 4.90 Å². The fourth-order valence-corrected chi connectivity index (χ4v) is 3.03. The quantitative estimate of drug-likeness (QED) is 0.677. The normalized spacial score (nSPS) is 13.1. The lowest BCUT2D eigenvalue weighted by atomic mass is 10.2. The molecule has 1 N–H and O–H groups in total. The summed E-state index contributed by atoms with van der Waals surface area (Å²) in [7, 11) is 1.91. The summed E-state index contributed by atoms with van der Waals surface area (Å²) < 4.78 is 16.9. The smallest absolute Gasteiger partial charge is 0.238 e. The van der Waals surface area contributed by atoms with Crippen LogP contribution in [0.3, 0.4) is 0 Å². The zero-order chi connectivity index (χ0) is 19.8. The van der Waals surface area contributed by atoms with E-state index >= 15 is 0 Å². The number of carbonyl (C=O) groups excluding carboxylic acids is 1. The van der Waals surface area contributed by atoms with Crippen LogP contribution in [0.4, 0.5) is 5.69 Å². The summed E-state index contributed by atoms with van der Waals surface area (Å²) in [4.78, 5) is 14.2. The van der Waals surface area contributed by atoms with Gasteiger partial charge in [0.25, 0.3) is 0 Å². The maximum atomic E-state index is 12.3. The molecule has 0 radical (unpaired) electrons. The topological polar surface area (TPSA) is 60.0 Å². The molecule has 0 saturated heterocycles. The molecule has 2 aromatic carbocycles. The van der Waals surface area contributed by atoms with Crippen molar-refractivity contribution in [2.24, 2.45) is 0 Å². The van der Waals surface area contributed by atoms with Gasteiger partial charge in [-0.25, -0.2) is 0 Å². The minimum atomic E-state index is -0.0762. The number of ether oxygens (including phenoxy) is 3. The van der Waals surface area contributed by atoms with Gasteiger partial charge in [0.15, 0.2) is 11.5 Å². The molecule has 0 bridgehead atoms. The van der Waals surface area contributed by atoms with Crippen LogP contribution >= 0.6 is 11.6 Å². The Bertz CT molecular complexity index is 800. The number of nitrogens with zero attached hydrogens (tertiary/aromatic N) is 1. The highest BCUT2D eigenvalue weighted by Crippen LogP contribution is 2.32. The van der Waals surface area contributed by atoms with Crippen LogP contribution in [0, 0.1) is 0 Å². The molecule has 0 unspecified atom stereocenters. The lowest BCUT2D eigenvalue weighted by Crippen LogP contribution is -2.31. The van der Waals surface area contributed by atoms with E-state index in [0.29, 0.717) is 48.6 Å². The molecule has 0 atom stereocenters. The van der Waals surface area contributed by atoms with Crippen molar-refractivity contribution in [1.29, 1.82) is 0 Å². The Kier molecular flexibility index (Phi) is 7.39. The minimum absolute atomic E-state index is 0.0762. The number of likely N-dealkylation sites (N-methyl/N-ethyl adjacent to an activating group) is 1. The Hall–Kier alpha value is -2.44. The second-order valence-corrected chi connectivity index (χ2v) is 7.09. The molecule has 7 heteroatoms. The van der Waals surface area contributed by atoms with Gasteiger partial charge in [-0.3, -0.25) is 9.69 Å². The van der Waals surface area contributed by atoms with Crippen LogP contribution in [-0.4, -0.2) is 50.8 Å². The van der Waals surface area contributed by atoms with Crippen LogP contribution in [0.2, 0.25) is 5.02 Å². The van der Waals surface area contributed by atoms with E-state index in [4.69, 9.17) is 25.8 Å². The summed E-state index contributed by atoms with van der Waals surface area (Å²) in [6.45, 7) is 2.87. The van der Waals surface area contributed by atoms with Crippen LogP contribution in [0.15, 0.2) is 42.5 Å². The van der Waals surface area contributed by atoms with E-state index < -0.39 is 0 Å². The third-order valence-corrected chi connectivity index (χ3v) is 4.43. The molecule has 0 saturated carbocycles. The third-order valence-electron chi connectivity index (χ3n) is 4.19. The lowest BCUT2D eigenvalue weighted by Gasteiger charge is -2.17. The van der Waals surface area contributed by atoms with Gasteiger partial charge in [0.1, 0.15) is 5.75 Å². The van der Waals surface area contributed by atoms with Crippen molar-refractivity contribution >= 4 is 23.2 Å². The molecule has 1 aliphatic heterocycles. The van der Waals surface area contributed by atoms with Gasteiger partial charge in [-0.15, -0.1) is 0 Å². The maximum absolute atomic E-state index is 12.3. The number of nitrogens with one attached hydrogen (secondary N) is 1. The van der Waals surface area contributed by atoms with Gasteiger partial charge in [0, 0.05) is 29.7 Å². The summed E-state index contributed by atoms with van der Waals surface area (Å²) in [5.41, 5.74) is 0.701. The molecule has 0 fully saturated rings. The molecule has 1 aliphatic rings. The summed E-state index contributed by atoms with van der Waals surface area (Å²) in [5, 5.41) is 3.56. The Labute approximate surface area is 170 Å². The summed E-state index contributed by atoms with van der Waals surface area (Å²) in [5.74, 6) is 2.06.